The minimum absolute atomic E-state index is 0.234. The summed E-state index contributed by atoms with van der Waals surface area (Å²) in [6.45, 7) is 6.55. The number of likely N-dealkylation sites (tertiary alicyclic amines) is 1. The van der Waals surface area contributed by atoms with E-state index in [4.69, 9.17) is 0 Å². The van der Waals surface area contributed by atoms with Gasteiger partial charge in [0.1, 0.15) is 0 Å². The largest absolute Gasteiger partial charge is 0.391 e. The molecule has 0 saturated carbocycles. The first-order valence-corrected chi connectivity index (χ1v) is 8.84. The monoisotopic (exact) mass is 336 g/mol. The number of pyridine rings is 1. The number of hydrogen-bond donors (Lipinski definition) is 2. The Morgan fingerprint density at radius 3 is 2.92 bits per heavy atom. The Morgan fingerprint density at radius 2 is 2.12 bits per heavy atom. The molecule has 0 aliphatic carbocycles. The van der Waals surface area contributed by atoms with E-state index in [1.54, 1.807) is 0 Å². The Kier molecular flexibility index (Phi) is 4.27. The summed E-state index contributed by atoms with van der Waals surface area (Å²) in [5.41, 5.74) is 5.65. The van der Waals surface area contributed by atoms with Crippen LogP contribution in [0.2, 0.25) is 0 Å². The van der Waals surface area contributed by atoms with Gasteiger partial charge in [-0.3, -0.25) is 15.0 Å². The smallest absolute Gasteiger partial charge is 0.0734 e. The van der Waals surface area contributed by atoms with Crippen LogP contribution in [0.15, 0.2) is 36.5 Å². The van der Waals surface area contributed by atoms with Crippen molar-refractivity contribution in [2.45, 2.75) is 32.9 Å². The van der Waals surface area contributed by atoms with Gasteiger partial charge in [-0.2, -0.15) is 5.10 Å². The van der Waals surface area contributed by atoms with E-state index in [1.807, 2.05) is 19.2 Å². The second-order valence-electron chi connectivity index (χ2n) is 7.21. The van der Waals surface area contributed by atoms with Crippen molar-refractivity contribution >= 4 is 10.9 Å². The van der Waals surface area contributed by atoms with Crippen LogP contribution < -0.4 is 0 Å². The number of aromatic nitrogens is 3. The van der Waals surface area contributed by atoms with Crippen molar-refractivity contribution in [3.05, 3.63) is 59.0 Å². The summed E-state index contributed by atoms with van der Waals surface area (Å²) >= 11 is 0. The van der Waals surface area contributed by atoms with Crippen LogP contribution in [-0.2, 0) is 13.0 Å². The number of β-amino-alcohol motifs (C(OH)–C–C–N with tert-alkyl or cyclic N) is 1. The third kappa shape index (κ3) is 3.30. The van der Waals surface area contributed by atoms with Gasteiger partial charge >= 0.3 is 0 Å². The molecule has 1 fully saturated rings. The lowest BCUT2D eigenvalue weighted by Crippen LogP contribution is -2.21. The molecule has 1 aliphatic rings. The first-order chi connectivity index (χ1) is 12.1. The average Bonchev–Trinajstić information content (AvgIpc) is 3.16. The third-order valence-corrected chi connectivity index (χ3v) is 5.17. The molecular formula is C20H24N4O. The van der Waals surface area contributed by atoms with E-state index >= 15 is 0 Å². The predicted octanol–water partition coefficient (Wildman–Crippen LogP) is 2.61. The van der Waals surface area contributed by atoms with Crippen molar-refractivity contribution in [2.24, 2.45) is 5.92 Å². The van der Waals surface area contributed by atoms with Crippen molar-refractivity contribution in [1.82, 2.24) is 20.1 Å². The molecule has 2 N–H and O–H groups in total. The number of aryl methyl sites for hydroxylation is 2. The van der Waals surface area contributed by atoms with Crippen LogP contribution in [0.1, 0.15) is 22.5 Å². The van der Waals surface area contributed by atoms with Crippen LogP contribution in [-0.4, -0.2) is 44.4 Å². The number of rotatable bonds is 4. The average molecular weight is 336 g/mol. The SMILES string of the molecule is Cc1cc(CC2CN(Cc3ccc(C)c4ncccc34)CC2O)n[nH]1. The van der Waals surface area contributed by atoms with Crippen molar-refractivity contribution in [3.8, 4) is 0 Å². The molecule has 1 aliphatic heterocycles. The molecule has 2 unspecified atom stereocenters. The van der Waals surface area contributed by atoms with Gasteiger partial charge in [0.25, 0.3) is 0 Å². The molecule has 0 bridgehead atoms. The normalized spacial score (nSPS) is 21.2. The highest BCUT2D eigenvalue weighted by molar-refractivity contribution is 5.84. The summed E-state index contributed by atoms with van der Waals surface area (Å²) in [5.74, 6) is 0.234. The Labute approximate surface area is 147 Å². The molecule has 0 spiro atoms. The molecule has 2 atom stereocenters. The summed E-state index contributed by atoms with van der Waals surface area (Å²) < 4.78 is 0. The minimum atomic E-state index is -0.299. The highest BCUT2D eigenvalue weighted by Gasteiger charge is 2.32. The topological polar surface area (TPSA) is 65.0 Å². The summed E-state index contributed by atoms with van der Waals surface area (Å²) in [7, 11) is 0. The van der Waals surface area contributed by atoms with E-state index in [1.165, 1.54) is 16.5 Å². The van der Waals surface area contributed by atoms with Gasteiger partial charge < -0.3 is 5.11 Å². The van der Waals surface area contributed by atoms with Gasteiger partial charge in [0, 0.05) is 42.8 Å². The zero-order valence-electron chi connectivity index (χ0n) is 14.7. The summed E-state index contributed by atoms with van der Waals surface area (Å²) in [6.07, 6.45) is 2.37. The number of nitrogens with one attached hydrogen (secondary N) is 1. The quantitative estimate of drug-likeness (QED) is 0.769. The third-order valence-electron chi connectivity index (χ3n) is 5.17. The molecule has 0 amide bonds. The summed E-state index contributed by atoms with van der Waals surface area (Å²) in [5, 5.41) is 19.0. The number of aliphatic hydroxyl groups is 1. The minimum Gasteiger partial charge on any atom is -0.391 e. The number of aromatic amines is 1. The number of fused-ring (bicyclic) bond motifs is 1. The highest BCUT2D eigenvalue weighted by atomic mass is 16.3. The molecule has 2 aromatic heterocycles. The van der Waals surface area contributed by atoms with Crippen molar-refractivity contribution in [2.75, 3.05) is 13.1 Å². The van der Waals surface area contributed by atoms with Gasteiger partial charge in [-0.1, -0.05) is 18.2 Å². The van der Waals surface area contributed by atoms with E-state index < -0.39 is 0 Å². The second-order valence-corrected chi connectivity index (χ2v) is 7.21. The number of benzene rings is 1. The van der Waals surface area contributed by atoms with Crippen LogP contribution in [0.4, 0.5) is 0 Å². The zero-order chi connectivity index (χ0) is 17.4. The van der Waals surface area contributed by atoms with Crippen LogP contribution in [0.5, 0.6) is 0 Å². The van der Waals surface area contributed by atoms with Gasteiger partial charge in [0.15, 0.2) is 0 Å². The number of nitrogens with zero attached hydrogens (tertiary/aromatic N) is 3. The maximum Gasteiger partial charge on any atom is 0.0734 e. The fourth-order valence-corrected chi connectivity index (χ4v) is 3.87. The molecule has 25 heavy (non-hydrogen) atoms. The molecule has 5 heteroatoms. The van der Waals surface area contributed by atoms with Gasteiger partial charge in [0.05, 0.1) is 17.3 Å². The fraction of sp³-hybridized carbons (Fsp3) is 0.400. The lowest BCUT2D eigenvalue weighted by Gasteiger charge is -2.17. The van der Waals surface area contributed by atoms with Crippen molar-refractivity contribution in [1.29, 1.82) is 0 Å². The fourth-order valence-electron chi connectivity index (χ4n) is 3.87. The van der Waals surface area contributed by atoms with Crippen molar-refractivity contribution in [3.63, 3.8) is 0 Å². The maximum atomic E-state index is 10.5. The molecule has 1 aromatic carbocycles. The Hall–Kier alpha value is -2.24. The molecule has 1 saturated heterocycles. The van der Waals surface area contributed by atoms with Crippen LogP contribution >= 0.6 is 0 Å². The number of H-pyrrole nitrogens is 1. The van der Waals surface area contributed by atoms with E-state index in [0.717, 1.165) is 36.4 Å². The summed E-state index contributed by atoms with van der Waals surface area (Å²) in [4.78, 5) is 6.86. The molecule has 3 aromatic rings. The molecular weight excluding hydrogens is 312 g/mol. The first-order valence-electron chi connectivity index (χ1n) is 8.84. The Bertz CT molecular complexity index is 888. The molecule has 3 heterocycles. The van der Waals surface area contributed by atoms with E-state index in [2.05, 4.69) is 51.3 Å². The molecule has 5 nitrogen and oxygen atoms in total. The van der Waals surface area contributed by atoms with Crippen LogP contribution in [0.25, 0.3) is 10.9 Å². The van der Waals surface area contributed by atoms with Crippen molar-refractivity contribution < 1.29 is 5.11 Å². The summed E-state index contributed by atoms with van der Waals surface area (Å²) in [6, 6.07) is 10.5. The van der Waals surface area contributed by atoms with E-state index in [-0.39, 0.29) is 12.0 Å². The number of aliphatic hydroxyl groups excluding tert-OH is 1. The van der Waals surface area contributed by atoms with E-state index in [0.29, 0.717) is 6.54 Å². The lowest BCUT2D eigenvalue weighted by molar-refractivity contribution is 0.140. The predicted molar refractivity (Wildman–Crippen MR) is 98.3 cm³/mol. The van der Waals surface area contributed by atoms with Crippen LogP contribution in [0, 0.1) is 19.8 Å². The molecule has 4 rings (SSSR count). The molecule has 130 valence electrons. The van der Waals surface area contributed by atoms with Gasteiger partial charge in [0.2, 0.25) is 0 Å². The first kappa shape index (κ1) is 16.2. The second kappa shape index (κ2) is 6.58. The zero-order valence-corrected chi connectivity index (χ0v) is 14.7. The lowest BCUT2D eigenvalue weighted by atomic mass is 10.00. The standard InChI is InChI=1S/C20H24N4O/c1-13-5-6-15(18-4-3-7-21-20(13)18)10-24-11-16(19(25)12-24)9-17-8-14(2)22-23-17/h3-8,16,19,25H,9-12H2,1-2H3,(H,22,23). The Morgan fingerprint density at radius 1 is 1.24 bits per heavy atom. The Balaban J connectivity index is 1.50. The number of hydrogen-bond acceptors (Lipinski definition) is 4. The van der Waals surface area contributed by atoms with Gasteiger partial charge in [-0.05, 0) is 43.5 Å². The van der Waals surface area contributed by atoms with Gasteiger partial charge in [-0.25, -0.2) is 0 Å². The highest BCUT2D eigenvalue weighted by Crippen LogP contribution is 2.26. The molecule has 0 radical (unpaired) electrons. The van der Waals surface area contributed by atoms with Gasteiger partial charge in [-0.15, -0.1) is 0 Å². The van der Waals surface area contributed by atoms with Crippen LogP contribution in [0.3, 0.4) is 0 Å². The maximum absolute atomic E-state index is 10.5. The van der Waals surface area contributed by atoms with E-state index in [9.17, 15) is 5.11 Å².